The third-order valence-electron chi connectivity index (χ3n) is 8.01. The van der Waals surface area contributed by atoms with Crippen molar-refractivity contribution in [3.05, 3.63) is 99.6 Å². The van der Waals surface area contributed by atoms with E-state index in [9.17, 15) is 29.7 Å². The van der Waals surface area contributed by atoms with E-state index in [2.05, 4.69) is 0 Å². The second-order valence-corrected chi connectivity index (χ2v) is 9.50. The Hall–Kier alpha value is -4.45. The van der Waals surface area contributed by atoms with Gasteiger partial charge in [-0.2, -0.15) is 0 Å². The highest BCUT2D eigenvalue weighted by atomic mass is 16.3. The van der Waals surface area contributed by atoms with Crippen molar-refractivity contribution in [2.75, 3.05) is 0 Å². The predicted molar refractivity (Wildman–Crippen MR) is 127 cm³/mol. The molecule has 6 nitrogen and oxygen atoms in total. The Morgan fingerprint density at radius 2 is 1.49 bits per heavy atom. The highest BCUT2D eigenvalue weighted by molar-refractivity contribution is 6.24. The summed E-state index contributed by atoms with van der Waals surface area (Å²) in [4.78, 5) is 40.2. The summed E-state index contributed by atoms with van der Waals surface area (Å²) in [5, 5.41) is 32.2. The molecule has 4 aliphatic rings. The molecule has 170 valence electrons. The fourth-order valence-corrected chi connectivity index (χ4v) is 6.78. The van der Waals surface area contributed by atoms with E-state index in [-0.39, 0.29) is 58.6 Å². The Bertz CT molecular complexity index is 1640. The molecular weight excluding hydrogens is 444 g/mol. The number of carbonyl (C=O) groups is 3. The Kier molecular flexibility index (Phi) is 3.63. The van der Waals surface area contributed by atoms with Crippen LogP contribution in [0.25, 0.3) is 11.1 Å². The Balaban J connectivity index is 1.77. The first kappa shape index (κ1) is 20.0. The van der Waals surface area contributed by atoms with E-state index in [1.54, 1.807) is 30.3 Å². The molecule has 7 rings (SSSR count). The molecule has 0 aliphatic heterocycles. The average molecular weight is 462 g/mol. The SMILES string of the molecule is O=C1C[C@@H]2C(=O)Cc3c(O)cccc3[C@]23C(=C2C=CC(=O)c4c(O)ccc3c42)c2cccc(O)c21. The molecule has 6 heteroatoms. The highest BCUT2D eigenvalue weighted by Gasteiger charge is 2.60. The fraction of sp³-hybridized carbons (Fsp3) is 0.138. The highest BCUT2D eigenvalue weighted by Crippen LogP contribution is 2.65. The largest absolute Gasteiger partial charge is 0.508 e. The third kappa shape index (κ3) is 2.17. The zero-order chi connectivity index (χ0) is 24.2. The first-order valence-electron chi connectivity index (χ1n) is 11.4. The summed E-state index contributed by atoms with van der Waals surface area (Å²) < 4.78 is 0. The van der Waals surface area contributed by atoms with Gasteiger partial charge in [-0.3, -0.25) is 14.4 Å². The van der Waals surface area contributed by atoms with Crippen molar-refractivity contribution in [3.63, 3.8) is 0 Å². The van der Waals surface area contributed by atoms with Crippen molar-refractivity contribution in [2.24, 2.45) is 5.92 Å². The van der Waals surface area contributed by atoms with Crippen molar-refractivity contribution in [3.8, 4) is 17.2 Å². The van der Waals surface area contributed by atoms with Crippen LogP contribution in [-0.4, -0.2) is 32.7 Å². The third-order valence-corrected chi connectivity index (χ3v) is 8.01. The summed E-state index contributed by atoms with van der Waals surface area (Å²) in [5.41, 5.74) is 3.20. The van der Waals surface area contributed by atoms with Crippen LogP contribution in [0, 0.1) is 5.92 Å². The van der Waals surface area contributed by atoms with Gasteiger partial charge in [0.25, 0.3) is 0 Å². The van der Waals surface area contributed by atoms with Crippen molar-refractivity contribution < 1.29 is 29.7 Å². The molecule has 0 aromatic heterocycles. The van der Waals surface area contributed by atoms with Gasteiger partial charge in [0, 0.05) is 29.9 Å². The van der Waals surface area contributed by atoms with E-state index in [1.807, 2.05) is 6.07 Å². The predicted octanol–water partition coefficient (Wildman–Crippen LogP) is 4.09. The molecule has 0 bridgehead atoms. The molecule has 3 aromatic carbocycles. The summed E-state index contributed by atoms with van der Waals surface area (Å²) in [6.07, 6.45) is 2.88. The van der Waals surface area contributed by atoms with Crippen LogP contribution in [0.2, 0.25) is 0 Å². The van der Waals surface area contributed by atoms with Crippen LogP contribution in [0.3, 0.4) is 0 Å². The quantitative estimate of drug-likeness (QED) is 0.464. The van der Waals surface area contributed by atoms with Crippen LogP contribution >= 0.6 is 0 Å². The number of ketones is 3. The standard InChI is InChI=1S/C29H18O6/c30-19-5-2-4-16-15(19)11-23(34)18-12-24(35)26-13(3-1-6-20(26)31)28-14-7-9-21(32)27-22(33)10-8-17(25(14)27)29(16,18)28/h1-10,18,30-31,33H,11-12H2/t18-,29-/m1/s1. The maximum Gasteiger partial charge on any atom is 0.190 e. The summed E-state index contributed by atoms with van der Waals surface area (Å²) in [6, 6.07) is 13.1. The smallest absolute Gasteiger partial charge is 0.190 e. The zero-order valence-electron chi connectivity index (χ0n) is 18.3. The number of fused-ring (bicyclic) bond motifs is 3. The summed E-state index contributed by atoms with van der Waals surface area (Å²) in [7, 11) is 0. The second kappa shape index (κ2) is 6.36. The number of phenols is 3. The minimum atomic E-state index is -1.18. The minimum Gasteiger partial charge on any atom is -0.508 e. The van der Waals surface area contributed by atoms with E-state index in [0.29, 0.717) is 39.0 Å². The summed E-state index contributed by atoms with van der Waals surface area (Å²) >= 11 is 0. The molecular formula is C29H18O6. The van der Waals surface area contributed by atoms with Gasteiger partial charge >= 0.3 is 0 Å². The molecule has 0 amide bonds. The van der Waals surface area contributed by atoms with Crippen LogP contribution < -0.4 is 0 Å². The maximum atomic E-state index is 13.8. The van der Waals surface area contributed by atoms with E-state index in [1.165, 1.54) is 24.3 Å². The Morgan fingerprint density at radius 3 is 2.31 bits per heavy atom. The lowest BCUT2D eigenvalue weighted by Crippen LogP contribution is -2.45. The van der Waals surface area contributed by atoms with Crippen LogP contribution in [0.5, 0.6) is 17.2 Å². The normalized spacial score (nSPS) is 23.3. The van der Waals surface area contributed by atoms with Gasteiger partial charge in [-0.15, -0.1) is 0 Å². The van der Waals surface area contributed by atoms with Crippen molar-refractivity contribution in [1.82, 2.24) is 0 Å². The molecule has 2 atom stereocenters. The van der Waals surface area contributed by atoms with Gasteiger partial charge < -0.3 is 15.3 Å². The van der Waals surface area contributed by atoms with E-state index in [4.69, 9.17) is 0 Å². The van der Waals surface area contributed by atoms with Gasteiger partial charge in [-0.05, 0) is 52.1 Å². The molecule has 0 fully saturated rings. The van der Waals surface area contributed by atoms with Crippen molar-refractivity contribution >= 4 is 28.5 Å². The second-order valence-electron chi connectivity index (χ2n) is 9.50. The van der Waals surface area contributed by atoms with Gasteiger partial charge in [0.2, 0.25) is 0 Å². The molecule has 4 aliphatic carbocycles. The van der Waals surface area contributed by atoms with Crippen LogP contribution in [0.1, 0.15) is 55.0 Å². The van der Waals surface area contributed by atoms with Crippen LogP contribution in [-0.2, 0) is 16.6 Å². The van der Waals surface area contributed by atoms with Gasteiger partial charge in [0.1, 0.15) is 23.0 Å². The number of carbonyl (C=O) groups excluding carboxylic acids is 3. The lowest BCUT2D eigenvalue weighted by molar-refractivity contribution is -0.124. The number of Topliss-reactive ketones (excluding diaryl/α,β-unsaturated/α-hetero) is 2. The van der Waals surface area contributed by atoms with Gasteiger partial charge in [0.05, 0.1) is 16.5 Å². The first-order valence-corrected chi connectivity index (χ1v) is 11.4. The fourth-order valence-electron chi connectivity index (χ4n) is 6.78. The molecule has 0 saturated heterocycles. The first-order chi connectivity index (χ1) is 16.9. The van der Waals surface area contributed by atoms with Gasteiger partial charge in [0.15, 0.2) is 11.6 Å². The average Bonchev–Trinajstić information content (AvgIpc) is 3.04. The molecule has 35 heavy (non-hydrogen) atoms. The summed E-state index contributed by atoms with van der Waals surface area (Å²) in [5.74, 6) is -2.05. The minimum absolute atomic E-state index is 0.00905. The maximum absolute atomic E-state index is 13.8. The van der Waals surface area contributed by atoms with Crippen molar-refractivity contribution in [2.45, 2.75) is 18.3 Å². The molecule has 1 spiro atoms. The van der Waals surface area contributed by atoms with Gasteiger partial charge in [-0.25, -0.2) is 0 Å². The number of rotatable bonds is 0. The number of aromatic hydroxyl groups is 3. The topological polar surface area (TPSA) is 112 Å². The monoisotopic (exact) mass is 462 g/mol. The summed E-state index contributed by atoms with van der Waals surface area (Å²) in [6.45, 7) is 0. The van der Waals surface area contributed by atoms with E-state index >= 15 is 0 Å². The Morgan fingerprint density at radius 1 is 0.743 bits per heavy atom. The number of benzene rings is 3. The Labute approximate surface area is 199 Å². The molecule has 0 heterocycles. The number of phenolic OH excluding ortho intramolecular Hbond substituents is 3. The molecule has 0 radical (unpaired) electrons. The lowest BCUT2D eigenvalue weighted by Gasteiger charge is -2.44. The molecule has 3 aromatic rings. The lowest BCUT2D eigenvalue weighted by atomic mass is 9.56. The van der Waals surface area contributed by atoms with E-state index in [0.717, 1.165) is 0 Å². The molecule has 0 unspecified atom stereocenters. The van der Waals surface area contributed by atoms with Crippen LogP contribution in [0.15, 0.2) is 60.7 Å². The number of hydrogen-bond donors (Lipinski definition) is 3. The zero-order valence-corrected chi connectivity index (χ0v) is 18.3. The van der Waals surface area contributed by atoms with Crippen LogP contribution in [0.4, 0.5) is 0 Å². The van der Waals surface area contributed by atoms with Crippen molar-refractivity contribution in [1.29, 1.82) is 0 Å². The molecule has 0 saturated carbocycles. The number of hydrogen-bond acceptors (Lipinski definition) is 6. The molecule has 3 N–H and O–H groups in total. The van der Waals surface area contributed by atoms with Gasteiger partial charge in [-0.1, -0.05) is 36.4 Å². The number of allylic oxidation sites excluding steroid dienone is 4. The van der Waals surface area contributed by atoms with E-state index < -0.39 is 11.3 Å².